The molecule has 0 aliphatic rings. The largest absolute Gasteiger partial charge is 0.480 e. The number of amides is 2. The molecular weight excluding hydrogens is 239 g/mol. The minimum atomic E-state index is -1.09. The summed E-state index contributed by atoms with van der Waals surface area (Å²) in [5.74, 6) is -1.49. The highest BCUT2D eigenvalue weighted by atomic mass is 19.1. The number of likely N-dealkylation sites (N-methyl/N-ethyl adjacent to an activating group) is 1. The lowest BCUT2D eigenvalue weighted by Gasteiger charge is -2.19. The van der Waals surface area contributed by atoms with Gasteiger partial charge in [0.2, 0.25) is 0 Å². The Balaban J connectivity index is 2.54. The number of halogens is 1. The fraction of sp³-hybridized carbons (Fsp3) is 0.333. The maximum Gasteiger partial charge on any atom is 0.323 e. The zero-order chi connectivity index (χ0) is 13.5. The molecule has 1 rings (SSSR count). The Hall–Kier alpha value is -2.11. The van der Waals surface area contributed by atoms with Gasteiger partial charge < -0.3 is 15.3 Å². The van der Waals surface area contributed by atoms with Crippen LogP contribution >= 0.6 is 0 Å². The van der Waals surface area contributed by atoms with Gasteiger partial charge in [-0.05, 0) is 13.0 Å². The van der Waals surface area contributed by atoms with Gasteiger partial charge in [0, 0.05) is 18.7 Å². The van der Waals surface area contributed by atoms with E-state index in [1.165, 1.54) is 6.07 Å². The summed E-state index contributed by atoms with van der Waals surface area (Å²) in [6.45, 7) is 1.60. The average molecular weight is 254 g/mol. The van der Waals surface area contributed by atoms with E-state index in [1.807, 2.05) is 0 Å². The number of carbonyl (C=O) groups excluding carboxylic acids is 1. The molecule has 0 atom stereocenters. The second kappa shape index (κ2) is 6.58. The van der Waals surface area contributed by atoms with Crippen molar-refractivity contribution in [2.45, 2.75) is 13.5 Å². The third-order valence-electron chi connectivity index (χ3n) is 2.38. The van der Waals surface area contributed by atoms with Gasteiger partial charge in [-0.1, -0.05) is 18.2 Å². The van der Waals surface area contributed by atoms with Crippen LogP contribution in [0.25, 0.3) is 0 Å². The van der Waals surface area contributed by atoms with Crippen molar-refractivity contribution in [2.24, 2.45) is 0 Å². The predicted octanol–water partition coefficient (Wildman–Crippen LogP) is 1.44. The fourth-order valence-electron chi connectivity index (χ4n) is 1.41. The first-order valence-corrected chi connectivity index (χ1v) is 5.52. The predicted molar refractivity (Wildman–Crippen MR) is 63.5 cm³/mol. The van der Waals surface area contributed by atoms with E-state index < -0.39 is 17.8 Å². The summed E-state index contributed by atoms with van der Waals surface area (Å²) in [6.07, 6.45) is 0. The molecule has 0 radical (unpaired) electrons. The number of carboxylic acid groups (broad SMARTS) is 1. The van der Waals surface area contributed by atoms with Crippen molar-refractivity contribution in [3.05, 3.63) is 35.6 Å². The summed E-state index contributed by atoms with van der Waals surface area (Å²) < 4.78 is 13.3. The normalized spacial score (nSPS) is 9.89. The van der Waals surface area contributed by atoms with Crippen LogP contribution in [0.3, 0.4) is 0 Å². The molecule has 1 aromatic rings. The standard InChI is InChI=1S/C12H15FN2O3/c1-2-15(8-11(16)17)12(18)14-7-9-5-3-4-6-10(9)13/h3-6H,2,7-8H2,1H3,(H,14,18)(H,16,17). The van der Waals surface area contributed by atoms with Gasteiger partial charge >= 0.3 is 12.0 Å². The second-order valence-corrected chi connectivity index (χ2v) is 3.66. The van der Waals surface area contributed by atoms with E-state index in [0.717, 1.165) is 4.90 Å². The summed E-state index contributed by atoms with van der Waals surface area (Å²) in [5.41, 5.74) is 0.359. The van der Waals surface area contributed by atoms with Crippen molar-refractivity contribution in [1.82, 2.24) is 10.2 Å². The van der Waals surface area contributed by atoms with Gasteiger partial charge in [-0.2, -0.15) is 0 Å². The Morgan fingerprint density at radius 1 is 1.39 bits per heavy atom. The lowest BCUT2D eigenvalue weighted by atomic mass is 10.2. The Morgan fingerprint density at radius 2 is 2.06 bits per heavy atom. The van der Waals surface area contributed by atoms with E-state index >= 15 is 0 Å². The van der Waals surface area contributed by atoms with Crippen molar-refractivity contribution >= 4 is 12.0 Å². The van der Waals surface area contributed by atoms with E-state index in [4.69, 9.17) is 5.11 Å². The van der Waals surface area contributed by atoms with Gasteiger partial charge in [0.25, 0.3) is 0 Å². The Kier molecular flexibility index (Phi) is 5.10. The average Bonchev–Trinajstić information content (AvgIpc) is 2.34. The van der Waals surface area contributed by atoms with Gasteiger partial charge in [-0.25, -0.2) is 9.18 Å². The molecule has 1 aromatic carbocycles. The van der Waals surface area contributed by atoms with Gasteiger partial charge in [0.05, 0.1) is 0 Å². The van der Waals surface area contributed by atoms with E-state index in [1.54, 1.807) is 25.1 Å². The van der Waals surface area contributed by atoms with E-state index in [-0.39, 0.29) is 19.6 Å². The van der Waals surface area contributed by atoms with Gasteiger partial charge in [-0.3, -0.25) is 4.79 Å². The summed E-state index contributed by atoms with van der Waals surface area (Å²) in [7, 11) is 0. The number of benzene rings is 1. The number of aliphatic carboxylic acids is 1. The number of hydrogen-bond donors (Lipinski definition) is 2. The number of carbonyl (C=O) groups is 2. The summed E-state index contributed by atoms with van der Waals surface area (Å²) in [4.78, 5) is 23.3. The molecular formula is C12H15FN2O3. The highest BCUT2D eigenvalue weighted by Gasteiger charge is 2.14. The molecule has 98 valence electrons. The van der Waals surface area contributed by atoms with Crippen LogP contribution in [0.1, 0.15) is 12.5 Å². The van der Waals surface area contributed by atoms with Crippen LogP contribution in [0.4, 0.5) is 9.18 Å². The summed E-state index contributed by atoms with van der Waals surface area (Å²) >= 11 is 0. The first-order chi connectivity index (χ1) is 8.54. The smallest absolute Gasteiger partial charge is 0.323 e. The number of nitrogens with one attached hydrogen (secondary N) is 1. The molecule has 2 N–H and O–H groups in total. The first-order valence-electron chi connectivity index (χ1n) is 5.52. The van der Waals surface area contributed by atoms with E-state index in [9.17, 15) is 14.0 Å². The van der Waals surface area contributed by atoms with Crippen molar-refractivity contribution < 1.29 is 19.1 Å². The zero-order valence-corrected chi connectivity index (χ0v) is 10.0. The van der Waals surface area contributed by atoms with Crippen molar-refractivity contribution in [3.8, 4) is 0 Å². The maximum absolute atomic E-state index is 13.3. The quantitative estimate of drug-likeness (QED) is 0.835. The molecule has 6 heteroatoms. The second-order valence-electron chi connectivity index (χ2n) is 3.66. The first kappa shape index (κ1) is 14.0. The Morgan fingerprint density at radius 3 is 2.61 bits per heavy atom. The molecule has 0 saturated carbocycles. The number of urea groups is 1. The lowest BCUT2D eigenvalue weighted by Crippen LogP contribution is -2.42. The van der Waals surface area contributed by atoms with Gasteiger partial charge in [0.1, 0.15) is 12.4 Å². The molecule has 0 saturated heterocycles. The molecule has 18 heavy (non-hydrogen) atoms. The van der Waals surface area contributed by atoms with Crippen LogP contribution in [-0.4, -0.2) is 35.1 Å². The van der Waals surface area contributed by atoms with Crippen LogP contribution in [0, 0.1) is 5.82 Å². The van der Waals surface area contributed by atoms with Crippen LogP contribution in [0.2, 0.25) is 0 Å². The van der Waals surface area contributed by atoms with Crippen molar-refractivity contribution in [1.29, 1.82) is 0 Å². The third-order valence-corrected chi connectivity index (χ3v) is 2.38. The topological polar surface area (TPSA) is 69.6 Å². The Labute approximate surface area is 104 Å². The summed E-state index contributed by atoms with van der Waals surface area (Å²) in [5, 5.41) is 11.1. The van der Waals surface area contributed by atoms with E-state index in [2.05, 4.69) is 5.32 Å². The molecule has 0 aromatic heterocycles. The molecule has 0 bridgehead atoms. The van der Waals surface area contributed by atoms with Gasteiger partial charge in [0.15, 0.2) is 0 Å². The molecule has 0 aliphatic heterocycles. The molecule has 0 unspecified atom stereocenters. The maximum atomic E-state index is 13.3. The number of rotatable bonds is 5. The molecule has 0 spiro atoms. The highest BCUT2D eigenvalue weighted by Crippen LogP contribution is 2.05. The number of hydrogen-bond acceptors (Lipinski definition) is 2. The van der Waals surface area contributed by atoms with Crippen LogP contribution in [0.5, 0.6) is 0 Å². The third kappa shape index (κ3) is 4.04. The van der Waals surface area contributed by atoms with Crippen LogP contribution in [0.15, 0.2) is 24.3 Å². The molecule has 5 nitrogen and oxygen atoms in total. The van der Waals surface area contributed by atoms with E-state index in [0.29, 0.717) is 5.56 Å². The van der Waals surface area contributed by atoms with Crippen LogP contribution < -0.4 is 5.32 Å². The highest BCUT2D eigenvalue weighted by molar-refractivity contribution is 5.80. The molecule has 0 heterocycles. The van der Waals surface area contributed by atoms with Crippen molar-refractivity contribution in [3.63, 3.8) is 0 Å². The minimum absolute atomic E-state index is 0.0294. The molecule has 0 fully saturated rings. The fourth-order valence-corrected chi connectivity index (χ4v) is 1.41. The van der Waals surface area contributed by atoms with Gasteiger partial charge in [-0.15, -0.1) is 0 Å². The minimum Gasteiger partial charge on any atom is -0.480 e. The van der Waals surface area contributed by atoms with Crippen molar-refractivity contribution in [2.75, 3.05) is 13.1 Å². The molecule has 0 aliphatic carbocycles. The number of nitrogens with zero attached hydrogens (tertiary/aromatic N) is 1. The summed E-state index contributed by atoms with van der Waals surface area (Å²) in [6, 6.07) is 5.56. The SMILES string of the molecule is CCN(CC(=O)O)C(=O)NCc1ccccc1F. The zero-order valence-electron chi connectivity index (χ0n) is 10.0. The number of carboxylic acids is 1. The molecule has 2 amide bonds. The monoisotopic (exact) mass is 254 g/mol. The van der Waals surface area contributed by atoms with Crippen LogP contribution in [-0.2, 0) is 11.3 Å². The lowest BCUT2D eigenvalue weighted by molar-refractivity contribution is -0.137. The Bertz CT molecular complexity index is 437.